The minimum absolute atomic E-state index is 0.278. The zero-order valence-corrected chi connectivity index (χ0v) is 13.1. The number of amides is 1. The maximum absolute atomic E-state index is 11.3. The minimum Gasteiger partial charge on any atom is -0.444 e. The number of fused-ring (bicyclic) bond motifs is 1. The van der Waals surface area contributed by atoms with Crippen LogP contribution in [0.1, 0.15) is 38.8 Å². The Bertz CT molecular complexity index is 596. The fourth-order valence-corrected chi connectivity index (χ4v) is 2.59. The first-order valence-corrected chi connectivity index (χ1v) is 7.13. The summed E-state index contributed by atoms with van der Waals surface area (Å²) in [7, 11) is -0.405. The average Bonchev–Trinajstić information content (AvgIpc) is 2.58. The van der Waals surface area contributed by atoms with E-state index in [0.717, 1.165) is 22.3 Å². The first kappa shape index (κ1) is 14.4. The van der Waals surface area contributed by atoms with E-state index in [0.29, 0.717) is 0 Å². The quantitative estimate of drug-likeness (QED) is 0.806. The molecular formula is C15H20BNO4. The van der Waals surface area contributed by atoms with Crippen LogP contribution in [0.3, 0.4) is 0 Å². The molecule has 0 bridgehead atoms. The Balaban J connectivity index is 1.97. The Kier molecular flexibility index (Phi) is 3.08. The molecule has 1 N–H and O–H groups in total. The summed E-state index contributed by atoms with van der Waals surface area (Å²) in [6.45, 7) is 10.4. The molecule has 2 aliphatic heterocycles. The van der Waals surface area contributed by atoms with Gasteiger partial charge in [0.2, 0.25) is 0 Å². The first-order valence-electron chi connectivity index (χ1n) is 7.13. The van der Waals surface area contributed by atoms with Gasteiger partial charge in [-0.15, -0.1) is 0 Å². The third kappa shape index (κ3) is 2.22. The van der Waals surface area contributed by atoms with Gasteiger partial charge in [0, 0.05) is 5.56 Å². The Morgan fingerprint density at radius 2 is 1.76 bits per heavy atom. The van der Waals surface area contributed by atoms with Crippen molar-refractivity contribution in [1.29, 1.82) is 0 Å². The lowest BCUT2D eigenvalue weighted by atomic mass is 9.74. The second-order valence-electron chi connectivity index (χ2n) is 6.60. The van der Waals surface area contributed by atoms with E-state index in [1.807, 2.05) is 46.8 Å². The van der Waals surface area contributed by atoms with Crippen LogP contribution < -0.4 is 10.8 Å². The maximum Gasteiger partial charge on any atom is 0.495 e. The molecule has 112 valence electrons. The van der Waals surface area contributed by atoms with Crippen molar-refractivity contribution < 1.29 is 18.8 Å². The second-order valence-corrected chi connectivity index (χ2v) is 6.60. The van der Waals surface area contributed by atoms with Gasteiger partial charge in [-0.3, -0.25) is 5.32 Å². The molecule has 1 aromatic carbocycles. The lowest BCUT2D eigenvalue weighted by Crippen LogP contribution is -2.41. The van der Waals surface area contributed by atoms with Gasteiger partial charge in [-0.1, -0.05) is 6.07 Å². The summed E-state index contributed by atoms with van der Waals surface area (Å²) >= 11 is 0. The number of benzene rings is 1. The molecule has 0 spiro atoms. The Morgan fingerprint density at radius 3 is 2.38 bits per heavy atom. The number of hydrogen-bond donors (Lipinski definition) is 1. The lowest BCUT2D eigenvalue weighted by Gasteiger charge is -2.32. The maximum atomic E-state index is 11.3. The normalized spacial score (nSPS) is 22.5. The third-order valence-corrected chi connectivity index (χ3v) is 4.73. The zero-order valence-electron chi connectivity index (χ0n) is 13.1. The van der Waals surface area contributed by atoms with Gasteiger partial charge in [-0.2, -0.15) is 0 Å². The van der Waals surface area contributed by atoms with E-state index in [2.05, 4.69) is 5.32 Å². The predicted octanol–water partition coefficient (Wildman–Crippen LogP) is 2.36. The molecule has 1 fully saturated rings. The third-order valence-electron chi connectivity index (χ3n) is 4.73. The van der Waals surface area contributed by atoms with E-state index in [-0.39, 0.29) is 17.8 Å². The average molecular weight is 289 g/mol. The van der Waals surface area contributed by atoms with Gasteiger partial charge in [0.25, 0.3) is 0 Å². The molecule has 0 aliphatic carbocycles. The van der Waals surface area contributed by atoms with Crippen molar-refractivity contribution in [2.24, 2.45) is 0 Å². The molecule has 6 heteroatoms. The summed E-state index contributed by atoms with van der Waals surface area (Å²) in [4.78, 5) is 11.3. The number of rotatable bonds is 1. The standard InChI is InChI=1S/C15H20BNO4/c1-9-10-8-19-13(18)17-12(10)7-6-11(9)16-20-14(2,3)15(4,5)21-16/h6-7H,8H2,1-5H3,(H,17,18). The molecule has 2 heterocycles. The minimum atomic E-state index is -0.412. The summed E-state index contributed by atoms with van der Waals surface area (Å²) in [5, 5.41) is 2.71. The summed E-state index contributed by atoms with van der Waals surface area (Å²) in [6, 6.07) is 3.82. The van der Waals surface area contributed by atoms with Gasteiger partial charge in [0.05, 0.1) is 16.9 Å². The van der Waals surface area contributed by atoms with Gasteiger partial charge in [0.1, 0.15) is 6.61 Å². The largest absolute Gasteiger partial charge is 0.495 e. The molecule has 0 saturated carbocycles. The molecule has 21 heavy (non-hydrogen) atoms. The van der Waals surface area contributed by atoms with Crippen molar-refractivity contribution in [3.63, 3.8) is 0 Å². The highest BCUT2D eigenvalue weighted by molar-refractivity contribution is 6.62. The molecule has 0 atom stereocenters. The monoisotopic (exact) mass is 289 g/mol. The van der Waals surface area contributed by atoms with Crippen LogP contribution >= 0.6 is 0 Å². The number of anilines is 1. The highest BCUT2D eigenvalue weighted by atomic mass is 16.7. The molecule has 0 radical (unpaired) electrons. The SMILES string of the molecule is Cc1c(B2OC(C)(C)C(C)(C)O2)ccc2c1COC(=O)N2. The Hall–Kier alpha value is -1.53. The second kappa shape index (κ2) is 4.48. The topological polar surface area (TPSA) is 56.8 Å². The van der Waals surface area contributed by atoms with Gasteiger partial charge < -0.3 is 14.0 Å². The summed E-state index contributed by atoms with van der Waals surface area (Å²) in [5.41, 5.74) is 3.04. The molecule has 2 aliphatic rings. The number of hydrogen-bond acceptors (Lipinski definition) is 4. The zero-order chi connectivity index (χ0) is 15.4. The van der Waals surface area contributed by atoms with Crippen LogP contribution in [0.4, 0.5) is 10.5 Å². The summed E-state index contributed by atoms with van der Waals surface area (Å²) in [5.74, 6) is 0. The smallest absolute Gasteiger partial charge is 0.444 e. The molecular weight excluding hydrogens is 269 g/mol. The van der Waals surface area contributed by atoms with Gasteiger partial charge in [-0.25, -0.2) is 4.79 Å². The highest BCUT2D eigenvalue weighted by Crippen LogP contribution is 2.37. The molecule has 3 rings (SSSR count). The van der Waals surface area contributed by atoms with E-state index in [1.165, 1.54) is 0 Å². The van der Waals surface area contributed by atoms with E-state index in [9.17, 15) is 4.79 Å². The fraction of sp³-hybridized carbons (Fsp3) is 0.533. The van der Waals surface area contributed by atoms with Crippen LogP contribution in [0.25, 0.3) is 0 Å². The van der Waals surface area contributed by atoms with Crippen LogP contribution in [0.5, 0.6) is 0 Å². The molecule has 5 nitrogen and oxygen atoms in total. The predicted molar refractivity (Wildman–Crippen MR) is 80.7 cm³/mol. The Morgan fingerprint density at radius 1 is 1.14 bits per heavy atom. The van der Waals surface area contributed by atoms with Crippen LogP contribution in [0.2, 0.25) is 0 Å². The van der Waals surface area contributed by atoms with Gasteiger partial charge >= 0.3 is 13.2 Å². The molecule has 0 aromatic heterocycles. The van der Waals surface area contributed by atoms with Crippen LogP contribution in [-0.2, 0) is 20.7 Å². The highest BCUT2D eigenvalue weighted by Gasteiger charge is 2.52. The van der Waals surface area contributed by atoms with E-state index in [1.54, 1.807) is 0 Å². The van der Waals surface area contributed by atoms with Gasteiger partial charge in [-0.05, 0) is 51.7 Å². The van der Waals surface area contributed by atoms with Crippen molar-refractivity contribution >= 4 is 24.4 Å². The molecule has 1 saturated heterocycles. The fourth-order valence-electron chi connectivity index (χ4n) is 2.59. The van der Waals surface area contributed by atoms with Crippen molar-refractivity contribution in [2.75, 3.05) is 5.32 Å². The van der Waals surface area contributed by atoms with Crippen molar-refractivity contribution in [3.05, 3.63) is 23.3 Å². The van der Waals surface area contributed by atoms with Crippen molar-refractivity contribution in [2.45, 2.75) is 52.4 Å². The number of cyclic esters (lactones) is 1. The number of nitrogens with one attached hydrogen (secondary N) is 1. The number of ether oxygens (including phenoxy) is 1. The van der Waals surface area contributed by atoms with E-state index in [4.69, 9.17) is 14.0 Å². The van der Waals surface area contributed by atoms with E-state index < -0.39 is 13.2 Å². The van der Waals surface area contributed by atoms with E-state index >= 15 is 0 Å². The van der Waals surface area contributed by atoms with Crippen LogP contribution in [0, 0.1) is 6.92 Å². The van der Waals surface area contributed by atoms with Crippen LogP contribution in [-0.4, -0.2) is 24.4 Å². The lowest BCUT2D eigenvalue weighted by molar-refractivity contribution is 0.00578. The Labute approximate surface area is 125 Å². The van der Waals surface area contributed by atoms with Crippen molar-refractivity contribution in [1.82, 2.24) is 0 Å². The molecule has 1 aromatic rings. The van der Waals surface area contributed by atoms with Crippen LogP contribution in [0.15, 0.2) is 12.1 Å². The molecule has 0 unspecified atom stereocenters. The number of carbonyl (C=O) groups is 1. The van der Waals surface area contributed by atoms with Crippen molar-refractivity contribution in [3.8, 4) is 0 Å². The molecule has 1 amide bonds. The summed E-state index contributed by atoms with van der Waals surface area (Å²) in [6.07, 6.45) is -0.412. The summed E-state index contributed by atoms with van der Waals surface area (Å²) < 4.78 is 17.2. The number of carbonyl (C=O) groups excluding carboxylic acids is 1. The van der Waals surface area contributed by atoms with Gasteiger partial charge in [0.15, 0.2) is 0 Å². The first-order chi connectivity index (χ1) is 9.71.